The van der Waals surface area contributed by atoms with Crippen molar-refractivity contribution in [2.24, 2.45) is 5.73 Å². The van der Waals surface area contributed by atoms with Gasteiger partial charge in [0.25, 0.3) is 0 Å². The van der Waals surface area contributed by atoms with Crippen LogP contribution in [0.1, 0.15) is 12.0 Å². The topological polar surface area (TPSA) is 49.5 Å². The van der Waals surface area contributed by atoms with Crippen LogP contribution < -0.4 is 10.6 Å². The minimum absolute atomic E-state index is 0.0701. The highest BCUT2D eigenvalue weighted by atomic mass is 16.3. The van der Waals surface area contributed by atoms with Gasteiger partial charge in [-0.3, -0.25) is 0 Å². The van der Waals surface area contributed by atoms with E-state index in [1.165, 1.54) is 11.3 Å². The van der Waals surface area contributed by atoms with E-state index >= 15 is 0 Å². The minimum Gasteiger partial charge on any atom is -0.395 e. The van der Waals surface area contributed by atoms with E-state index < -0.39 is 0 Å². The Labute approximate surface area is 90.5 Å². The second-order valence-electron chi connectivity index (χ2n) is 4.28. The highest BCUT2D eigenvalue weighted by Crippen LogP contribution is 2.31. The number of hydrogen-bond acceptors (Lipinski definition) is 3. The van der Waals surface area contributed by atoms with Crippen molar-refractivity contribution in [3.8, 4) is 0 Å². The third-order valence-electron chi connectivity index (χ3n) is 3.18. The first-order valence-electron chi connectivity index (χ1n) is 5.39. The number of hydrogen-bond donors (Lipinski definition) is 2. The average molecular weight is 206 g/mol. The molecule has 3 heteroatoms. The van der Waals surface area contributed by atoms with Gasteiger partial charge in [0.05, 0.1) is 6.61 Å². The summed E-state index contributed by atoms with van der Waals surface area (Å²) in [6, 6.07) is 8.76. The molecule has 0 aromatic heterocycles. The van der Waals surface area contributed by atoms with Crippen molar-refractivity contribution in [1.29, 1.82) is 0 Å². The van der Waals surface area contributed by atoms with Gasteiger partial charge in [-0.05, 0) is 24.5 Å². The van der Waals surface area contributed by atoms with Gasteiger partial charge in [0.1, 0.15) is 0 Å². The molecule has 1 aromatic rings. The van der Waals surface area contributed by atoms with E-state index in [1.807, 2.05) is 0 Å². The molecule has 0 fully saturated rings. The number of likely N-dealkylation sites (N-methyl/N-ethyl adjacent to an activating group) is 1. The number of aliphatic hydroxyl groups is 1. The Morgan fingerprint density at radius 3 is 2.93 bits per heavy atom. The smallest absolute Gasteiger partial charge is 0.0583 e. The molecule has 0 radical (unpaired) electrons. The van der Waals surface area contributed by atoms with E-state index in [0.29, 0.717) is 6.04 Å². The number of para-hydroxylation sites is 1. The van der Waals surface area contributed by atoms with Crippen molar-refractivity contribution in [3.63, 3.8) is 0 Å². The Hall–Kier alpha value is -1.06. The fourth-order valence-corrected chi connectivity index (χ4v) is 2.28. The van der Waals surface area contributed by atoms with Gasteiger partial charge >= 0.3 is 0 Å². The fourth-order valence-electron chi connectivity index (χ4n) is 2.28. The van der Waals surface area contributed by atoms with Gasteiger partial charge in [-0.25, -0.2) is 0 Å². The summed E-state index contributed by atoms with van der Waals surface area (Å²) < 4.78 is 0. The predicted molar refractivity (Wildman–Crippen MR) is 62.0 cm³/mol. The SMILES string of the molecule is CN1c2ccccc2CC1C[C@H](N)CO. The Balaban J connectivity index is 2.10. The summed E-state index contributed by atoms with van der Waals surface area (Å²) in [5.74, 6) is 0. The van der Waals surface area contributed by atoms with Crippen LogP contribution in [-0.2, 0) is 6.42 Å². The summed E-state index contributed by atoms with van der Waals surface area (Å²) in [7, 11) is 2.10. The van der Waals surface area contributed by atoms with Crippen LogP contribution in [0.25, 0.3) is 0 Å². The van der Waals surface area contributed by atoms with Crippen LogP contribution in [0.4, 0.5) is 5.69 Å². The number of nitrogens with zero attached hydrogens (tertiary/aromatic N) is 1. The van der Waals surface area contributed by atoms with E-state index in [9.17, 15) is 0 Å². The molecular formula is C12H18N2O. The Morgan fingerprint density at radius 1 is 1.53 bits per heavy atom. The number of fused-ring (bicyclic) bond motifs is 1. The molecule has 2 atom stereocenters. The maximum Gasteiger partial charge on any atom is 0.0583 e. The molecule has 0 aliphatic carbocycles. The summed E-state index contributed by atoms with van der Waals surface area (Å²) in [5.41, 5.74) is 8.46. The van der Waals surface area contributed by atoms with Gasteiger partial charge in [-0.1, -0.05) is 18.2 Å². The van der Waals surface area contributed by atoms with Crippen molar-refractivity contribution in [2.45, 2.75) is 24.9 Å². The highest BCUT2D eigenvalue weighted by molar-refractivity contribution is 5.58. The van der Waals surface area contributed by atoms with Crippen molar-refractivity contribution < 1.29 is 5.11 Å². The minimum atomic E-state index is -0.105. The van der Waals surface area contributed by atoms with Gasteiger partial charge in [0.15, 0.2) is 0 Å². The van der Waals surface area contributed by atoms with E-state index in [2.05, 4.69) is 36.2 Å². The Morgan fingerprint density at radius 2 is 2.27 bits per heavy atom. The molecule has 0 amide bonds. The molecule has 15 heavy (non-hydrogen) atoms. The molecule has 3 nitrogen and oxygen atoms in total. The van der Waals surface area contributed by atoms with Gasteiger partial charge < -0.3 is 15.7 Å². The van der Waals surface area contributed by atoms with Crippen LogP contribution in [0.3, 0.4) is 0 Å². The van der Waals surface area contributed by atoms with E-state index in [0.717, 1.165) is 12.8 Å². The summed E-state index contributed by atoms with van der Waals surface area (Å²) in [4.78, 5) is 2.27. The standard InChI is InChI=1S/C12H18N2O/c1-14-11(7-10(13)8-15)6-9-4-2-3-5-12(9)14/h2-5,10-11,15H,6-8,13H2,1H3/t10-,11?/m0/s1. The Bertz CT molecular complexity index is 340. The number of anilines is 1. The fraction of sp³-hybridized carbons (Fsp3) is 0.500. The number of aliphatic hydroxyl groups excluding tert-OH is 1. The first kappa shape index (κ1) is 10.5. The lowest BCUT2D eigenvalue weighted by Gasteiger charge is -2.24. The normalized spacial score (nSPS) is 21.5. The number of nitrogens with two attached hydrogens (primary N) is 1. The van der Waals surface area contributed by atoms with Crippen LogP contribution in [0.15, 0.2) is 24.3 Å². The van der Waals surface area contributed by atoms with Crippen LogP contribution in [0, 0.1) is 0 Å². The molecule has 82 valence electrons. The van der Waals surface area contributed by atoms with Crippen LogP contribution in [0.5, 0.6) is 0 Å². The summed E-state index contributed by atoms with van der Waals surface area (Å²) >= 11 is 0. The van der Waals surface area contributed by atoms with E-state index in [1.54, 1.807) is 0 Å². The molecular weight excluding hydrogens is 188 g/mol. The number of benzene rings is 1. The van der Waals surface area contributed by atoms with Crippen molar-refractivity contribution in [3.05, 3.63) is 29.8 Å². The first-order chi connectivity index (χ1) is 7.22. The highest BCUT2D eigenvalue weighted by Gasteiger charge is 2.26. The largest absolute Gasteiger partial charge is 0.395 e. The molecule has 0 bridgehead atoms. The lowest BCUT2D eigenvalue weighted by molar-refractivity contribution is 0.254. The molecule has 1 aromatic carbocycles. The quantitative estimate of drug-likeness (QED) is 0.767. The van der Waals surface area contributed by atoms with Crippen molar-refractivity contribution in [2.75, 3.05) is 18.6 Å². The van der Waals surface area contributed by atoms with Gasteiger partial charge in [0.2, 0.25) is 0 Å². The zero-order valence-corrected chi connectivity index (χ0v) is 9.06. The van der Waals surface area contributed by atoms with E-state index in [4.69, 9.17) is 10.8 Å². The molecule has 1 aliphatic heterocycles. The molecule has 1 aliphatic rings. The molecule has 0 saturated carbocycles. The Kier molecular flexibility index (Phi) is 2.93. The van der Waals surface area contributed by atoms with Gasteiger partial charge in [0, 0.05) is 24.8 Å². The lowest BCUT2D eigenvalue weighted by atomic mass is 10.0. The first-order valence-corrected chi connectivity index (χ1v) is 5.39. The monoisotopic (exact) mass is 206 g/mol. The molecule has 2 rings (SSSR count). The van der Waals surface area contributed by atoms with Crippen LogP contribution >= 0.6 is 0 Å². The van der Waals surface area contributed by atoms with Crippen molar-refractivity contribution >= 4 is 5.69 Å². The zero-order valence-electron chi connectivity index (χ0n) is 9.06. The van der Waals surface area contributed by atoms with Gasteiger partial charge in [-0.15, -0.1) is 0 Å². The summed E-state index contributed by atoms with van der Waals surface area (Å²) in [5, 5.41) is 8.95. The molecule has 0 spiro atoms. The third-order valence-corrected chi connectivity index (χ3v) is 3.18. The van der Waals surface area contributed by atoms with E-state index in [-0.39, 0.29) is 12.6 Å². The summed E-state index contributed by atoms with van der Waals surface area (Å²) in [6.07, 6.45) is 1.89. The average Bonchev–Trinajstić information content (AvgIpc) is 2.57. The molecule has 1 heterocycles. The molecule has 3 N–H and O–H groups in total. The van der Waals surface area contributed by atoms with Crippen LogP contribution in [0.2, 0.25) is 0 Å². The second kappa shape index (κ2) is 4.21. The molecule has 1 unspecified atom stereocenters. The second-order valence-corrected chi connectivity index (χ2v) is 4.28. The molecule has 0 saturated heterocycles. The van der Waals surface area contributed by atoms with Gasteiger partial charge in [-0.2, -0.15) is 0 Å². The maximum atomic E-state index is 8.95. The third kappa shape index (κ3) is 1.98. The zero-order chi connectivity index (χ0) is 10.8. The number of rotatable bonds is 3. The van der Waals surface area contributed by atoms with Crippen molar-refractivity contribution in [1.82, 2.24) is 0 Å². The van der Waals surface area contributed by atoms with Crippen LogP contribution in [-0.4, -0.2) is 30.8 Å². The maximum absolute atomic E-state index is 8.95. The predicted octanol–water partition coefficient (Wildman–Crippen LogP) is 0.757. The lowest BCUT2D eigenvalue weighted by Crippen LogP contribution is -2.36. The summed E-state index contributed by atoms with van der Waals surface area (Å²) in [6.45, 7) is 0.0701.